The van der Waals surface area contributed by atoms with Gasteiger partial charge in [0.1, 0.15) is 19.0 Å². The van der Waals surface area contributed by atoms with E-state index in [9.17, 15) is 4.57 Å². The fraction of sp³-hybridized carbons (Fsp3) is 0.400. The first-order valence-electron chi connectivity index (χ1n) is 9.44. The Morgan fingerprint density at radius 3 is 2.37 bits per heavy atom. The van der Waals surface area contributed by atoms with Crippen LogP contribution in [0.25, 0.3) is 0 Å². The van der Waals surface area contributed by atoms with Crippen LogP contribution in [0.3, 0.4) is 0 Å². The number of nitrogens with two attached hydrogens (primary N) is 1. The first-order valence-corrected chi connectivity index (χ1v) is 11.7. The van der Waals surface area contributed by atoms with Crippen LogP contribution in [0.2, 0.25) is 10.0 Å². The third kappa shape index (κ3) is 6.59. The van der Waals surface area contributed by atoms with Gasteiger partial charge in [-0.3, -0.25) is 4.52 Å². The molecule has 0 aromatic heterocycles. The van der Waals surface area contributed by atoms with Crippen molar-refractivity contribution in [3.63, 3.8) is 0 Å². The quantitative estimate of drug-likeness (QED) is 0.360. The van der Waals surface area contributed by atoms with E-state index in [2.05, 4.69) is 4.52 Å². The molecule has 3 rings (SSSR count). The molecule has 10 heteroatoms. The topological polar surface area (TPSA) is 111 Å². The lowest BCUT2D eigenvalue weighted by Gasteiger charge is -2.24. The number of rotatable bonds is 9. The summed E-state index contributed by atoms with van der Waals surface area (Å²) in [5.41, 5.74) is 6.35. The largest absolute Gasteiger partial charge is 0.490 e. The maximum absolute atomic E-state index is 11.0. The molecule has 7 nitrogen and oxygen atoms in total. The van der Waals surface area contributed by atoms with Gasteiger partial charge in [0.2, 0.25) is 0 Å². The van der Waals surface area contributed by atoms with Crippen molar-refractivity contribution >= 4 is 31.0 Å². The molecule has 2 aromatic carbocycles. The summed E-state index contributed by atoms with van der Waals surface area (Å²) in [6.45, 7) is 0.414. The van der Waals surface area contributed by atoms with E-state index in [1.807, 2.05) is 30.3 Å². The Hall–Kier alpha value is -1.31. The maximum Gasteiger partial charge on any atom is 0.469 e. The van der Waals surface area contributed by atoms with Crippen LogP contribution in [-0.4, -0.2) is 35.1 Å². The Kier molecular flexibility index (Phi) is 7.69. The highest BCUT2D eigenvalue weighted by atomic mass is 35.5. The van der Waals surface area contributed by atoms with Crippen LogP contribution in [0.5, 0.6) is 11.5 Å². The minimum absolute atomic E-state index is 0.0563. The van der Waals surface area contributed by atoms with Crippen LogP contribution in [0.4, 0.5) is 0 Å². The fourth-order valence-electron chi connectivity index (χ4n) is 3.56. The molecule has 2 atom stereocenters. The van der Waals surface area contributed by atoms with Crippen LogP contribution in [0.15, 0.2) is 42.5 Å². The molecule has 1 fully saturated rings. The van der Waals surface area contributed by atoms with Gasteiger partial charge < -0.3 is 25.0 Å². The van der Waals surface area contributed by atoms with E-state index in [1.165, 1.54) is 0 Å². The average Bonchev–Trinajstić information content (AvgIpc) is 3.08. The van der Waals surface area contributed by atoms with Gasteiger partial charge in [-0.05, 0) is 55.0 Å². The lowest BCUT2D eigenvalue weighted by molar-refractivity contribution is 0.153. The number of para-hydroxylation sites is 1. The molecule has 1 aliphatic rings. The summed E-state index contributed by atoms with van der Waals surface area (Å²) in [5, 5.41) is 0.774. The normalized spacial score (nSPS) is 21.6. The van der Waals surface area contributed by atoms with E-state index >= 15 is 0 Å². The smallest absolute Gasteiger partial charge is 0.469 e. The first-order chi connectivity index (χ1) is 14.2. The SMILES string of the molecule is N[C@]1(COP(=O)(O)O)CC[C@H](c2cc(Cl)c(OCCOc3ccccc3)c(Cl)c2)C1. The van der Waals surface area contributed by atoms with Gasteiger partial charge in [0.05, 0.1) is 16.7 Å². The molecule has 0 unspecified atom stereocenters. The third-order valence-corrected chi connectivity index (χ3v) is 6.02. The van der Waals surface area contributed by atoms with E-state index in [1.54, 1.807) is 12.1 Å². The van der Waals surface area contributed by atoms with Crippen LogP contribution >= 0.6 is 31.0 Å². The molecule has 0 saturated heterocycles. The lowest BCUT2D eigenvalue weighted by Crippen LogP contribution is -2.41. The van der Waals surface area contributed by atoms with Gasteiger partial charge in [-0.2, -0.15) is 0 Å². The molecule has 164 valence electrons. The van der Waals surface area contributed by atoms with Gasteiger partial charge in [0.15, 0.2) is 5.75 Å². The zero-order valence-electron chi connectivity index (χ0n) is 16.2. The summed E-state index contributed by atoms with van der Waals surface area (Å²) < 4.78 is 26.9. The molecule has 2 aromatic rings. The highest BCUT2D eigenvalue weighted by Crippen LogP contribution is 2.45. The van der Waals surface area contributed by atoms with Gasteiger partial charge in [0, 0.05) is 5.54 Å². The maximum atomic E-state index is 11.0. The summed E-state index contributed by atoms with van der Waals surface area (Å²) in [6.07, 6.45) is 1.81. The van der Waals surface area contributed by atoms with Gasteiger partial charge in [-0.25, -0.2) is 4.57 Å². The molecule has 0 bridgehead atoms. The number of phosphoric acid groups is 1. The molecule has 1 saturated carbocycles. The predicted molar refractivity (Wildman–Crippen MR) is 115 cm³/mol. The van der Waals surface area contributed by atoms with Gasteiger partial charge in [0.25, 0.3) is 0 Å². The number of hydrogen-bond donors (Lipinski definition) is 3. The Labute approximate surface area is 185 Å². The zero-order valence-corrected chi connectivity index (χ0v) is 18.6. The summed E-state index contributed by atoms with van der Waals surface area (Å²) in [4.78, 5) is 17.8. The van der Waals surface area contributed by atoms with E-state index in [0.29, 0.717) is 35.2 Å². The van der Waals surface area contributed by atoms with Gasteiger partial charge in [-0.1, -0.05) is 41.4 Å². The second kappa shape index (κ2) is 9.88. The summed E-state index contributed by atoms with van der Waals surface area (Å²) in [5.74, 6) is 1.20. The van der Waals surface area contributed by atoms with E-state index in [4.69, 9.17) is 48.2 Å². The molecule has 30 heavy (non-hydrogen) atoms. The van der Waals surface area contributed by atoms with Crippen molar-refractivity contribution in [3.8, 4) is 11.5 Å². The monoisotopic (exact) mass is 475 g/mol. The molecule has 0 spiro atoms. The molecular formula is C20H24Cl2NO6P. The van der Waals surface area contributed by atoms with E-state index in [0.717, 1.165) is 17.7 Å². The van der Waals surface area contributed by atoms with Crippen molar-refractivity contribution in [3.05, 3.63) is 58.1 Å². The highest BCUT2D eigenvalue weighted by molar-refractivity contribution is 7.46. The fourth-order valence-corrected chi connectivity index (χ4v) is 4.60. The predicted octanol–water partition coefficient (Wildman–Crippen LogP) is 4.53. The van der Waals surface area contributed by atoms with Gasteiger partial charge in [-0.15, -0.1) is 0 Å². The molecule has 0 amide bonds. The van der Waals surface area contributed by atoms with Gasteiger partial charge >= 0.3 is 7.82 Å². The van der Waals surface area contributed by atoms with Crippen LogP contribution in [-0.2, 0) is 9.09 Å². The Morgan fingerprint density at radius 2 is 1.73 bits per heavy atom. The van der Waals surface area contributed by atoms with Crippen molar-refractivity contribution in [2.45, 2.75) is 30.7 Å². The Morgan fingerprint density at radius 1 is 1.10 bits per heavy atom. The Balaban J connectivity index is 1.57. The number of phosphoric ester groups is 1. The van der Waals surface area contributed by atoms with Crippen LogP contribution in [0.1, 0.15) is 30.7 Å². The minimum Gasteiger partial charge on any atom is -0.490 e. The van der Waals surface area contributed by atoms with Crippen molar-refractivity contribution in [1.82, 2.24) is 0 Å². The molecule has 0 heterocycles. The number of ether oxygens (including phenoxy) is 2. The van der Waals surface area contributed by atoms with Crippen molar-refractivity contribution in [2.24, 2.45) is 5.73 Å². The lowest BCUT2D eigenvalue weighted by atomic mass is 9.93. The molecule has 1 aliphatic carbocycles. The average molecular weight is 476 g/mol. The molecule has 4 N–H and O–H groups in total. The van der Waals surface area contributed by atoms with Crippen molar-refractivity contribution in [2.75, 3.05) is 19.8 Å². The van der Waals surface area contributed by atoms with Crippen molar-refractivity contribution < 1.29 is 28.3 Å². The van der Waals surface area contributed by atoms with Crippen molar-refractivity contribution in [1.29, 1.82) is 0 Å². The standard InChI is InChI=1S/C20H24Cl2NO6P/c21-17-10-15(14-6-7-20(23,12-14)13-29-30(24,25)26)11-18(22)19(17)28-9-8-27-16-4-2-1-3-5-16/h1-5,10-11,14H,6-9,12-13,23H2,(H2,24,25,26)/t14-,20+/m0/s1. The zero-order chi connectivity index (χ0) is 21.8. The Bertz CT molecular complexity index is 886. The minimum atomic E-state index is -4.56. The number of benzene rings is 2. The number of hydrogen-bond acceptors (Lipinski definition) is 5. The van der Waals surface area contributed by atoms with Crippen LogP contribution in [0, 0.1) is 0 Å². The summed E-state index contributed by atoms with van der Waals surface area (Å²) in [6, 6.07) is 13.0. The third-order valence-electron chi connectivity index (χ3n) is 5.00. The van der Waals surface area contributed by atoms with Crippen LogP contribution < -0.4 is 15.2 Å². The highest BCUT2D eigenvalue weighted by Gasteiger charge is 2.38. The second-order valence-corrected chi connectivity index (χ2v) is 9.44. The molecule has 0 aliphatic heterocycles. The van der Waals surface area contributed by atoms with E-state index < -0.39 is 13.4 Å². The first kappa shape index (κ1) is 23.4. The number of halogens is 2. The van der Waals surface area contributed by atoms with E-state index in [-0.39, 0.29) is 19.1 Å². The second-order valence-electron chi connectivity index (χ2n) is 7.39. The summed E-state index contributed by atoms with van der Waals surface area (Å²) in [7, 11) is -4.56. The summed E-state index contributed by atoms with van der Waals surface area (Å²) >= 11 is 12.8. The molecule has 0 radical (unpaired) electrons. The molecular weight excluding hydrogens is 452 g/mol.